The summed E-state index contributed by atoms with van der Waals surface area (Å²) in [4.78, 5) is 0. The SMILES string of the molecule is C1OCOCO1.ClCC1(CCl)COC1. The first kappa shape index (κ1) is 12.5. The predicted octanol–water partition coefficient (Wildman–Crippen LogP) is 1.40. The molecule has 0 bridgehead atoms. The standard InChI is InChI=1S/C5H8Cl2O.C3H6O3/c6-1-5(2-7)3-8-4-5;1-4-2-6-3-5-1/h1-4H2;1-3H2. The monoisotopic (exact) mass is 244 g/mol. The van der Waals surface area contributed by atoms with E-state index in [1.807, 2.05) is 0 Å². The van der Waals surface area contributed by atoms with E-state index in [0.29, 0.717) is 32.1 Å². The van der Waals surface area contributed by atoms with Gasteiger partial charge in [0.2, 0.25) is 0 Å². The first-order valence-corrected chi connectivity index (χ1v) is 5.33. The minimum atomic E-state index is 0.114. The van der Waals surface area contributed by atoms with Crippen LogP contribution in [-0.2, 0) is 18.9 Å². The van der Waals surface area contributed by atoms with Crippen molar-refractivity contribution in [3.63, 3.8) is 0 Å². The third-order valence-electron chi connectivity index (χ3n) is 1.88. The second-order valence-corrected chi connectivity index (χ2v) is 3.76. The van der Waals surface area contributed by atoms with E-state index in [9.17, 15) is 0 Å². The molecule has 0 aliphatic carbocycles. The van der Waals surface area contributed by atoms with Crippen molar-refractivity contribution in [3.8, 4) is 0 Å². The Morgan fingerprint density at radius 3 is 1.29 bits per heavy atom. The van der Waals surface area contributed by atoms with Gasteiger partial charge in [-0.2, -0.15) is 0 Å². The number of ether oxygens (including phenoxy) is 4. The van der Waals surface area contributed by atoms with Crippen LogP contribution in [0.1, 0.15) is 0 Å². The van der Waals surface area contributed by atoms with Crippen molar-refractivity contribution >= 4 is 23.2 Å². The van der Waals surface area contributed by atoms with Crippen LogP contribution < -0.4 is 0 Å². The van der Waals surface area contributed by atoms with E-state index in [1.165, 1.54) is 0 Å². The summed E-state index contributed by atoms with van der Waals surface area (Å²) in [7, 11) is 0. The summed E-state index contributed by atoms with van der Waals surface area (Å²) in [5.74, 6) is 1.24. The molecule has 2 aliphatic rings. The molecule has 0 atom stereocenters. The Hall–Kier alpha value is 0.420. The molecular weight excluding hydrogens is 231 g/mol. The molecule has 2 fully saturated rings. The van der Waals surface area contributed by atoms with E-state index in [2.05, 4.69) is 14.2 Å². The normalized spacial score (nSPS) is 24.4. The lowest BCUT2D eigenvalue weighted by molar-refractivity contribution is -0.247. The van der Waals surface area contributed by atoms with Gasteiger partial charge in [0.25, 0.3) is 0 Å². The van der Waals surface area contributed by atoms with E-state index in [1.54, 1.807) is 0 Å². The van der Waals surface area contributed by atoms with Crippen LogP contribution in [0.3, 0.4) is 0 Å². The summed E-state index contributed by atoms with van der Waals surface area (Å²) >= 11 is 11.2. The fourth-order valence-corrected chi connectivity index (χ4v) is 1.45. The highest BCUT2D eigenvalue weighted by Gasteiger charge is 2.36. The van der Waals surface area contributed by atoms with Gasteiger partial charge in [-0.25, -0.2) is 0 Å². The molecule has 0 saturated carbocycles. The first-order valence-electron chi connectivity index (χ1n) is 4.26. The molecule has 2 saturated heterocycles. The molecule has 0 N–H and O–H groups in total. The first-order chi connectivity index (χ1) is 6.83. The highest BCUT2D eigenvalue weighted by molar-refractivity contribution is 6.21. The summed E-state index contributed by atoms with van der Waals surface area (Å²) in [6.45, 7) is 2.60. The lowest BCUT2D eigenvalue weighted by Gasteiger charge is -2.37. The van der Waals surface area contributed by atoms with Crippen LogP contribution in [0.25, 0.3) is 0 Å². The molecule has 4 nitrogen and oxygen atoms in total. The Kier molecular flexibility index (Phi) is 6.09. The topological polar surface area (TPSA) is 36.9 Å². The fourth-order valence-electron chi connectivity index (χ4n) is 0.860. The molecule has 84 valence electrons. The highest BCUT2D eigenvalue weighted by Crippen LogP contribution is 2.29. The van der Waals surface area contributed by atoms with E-state index in [0.717, 1.165) is 13.2 Å². The van der Waals surface area contributed by atoms with Gasteiger partial charge in [0.15, 0.2) is 20.4 Å². The van der Waals surface area contributed by atoms with Gasteiger partial charge in [-0.1, -0.05) is 0 Å². The quantitative estimate of drug-likeness (QED) is 0.689. The molecule has 0 amide bonds. The van der Waals surface area contributed by atoms with Crippen molar-refractivity contribution in [2.75, 3.05) is 45.4 Å². The lowest BCUT2D eigenvalue weighted by atomic mass is 9.91. The molecule has 6 heteroatoms. The summed E-state index contributed by atoms with van der Waals surface area (Å²) in [6.07, 6.45) is 0. The van der Waals surface area contributed by atoms with E-state index in [-0.39, 0.29) is 5.41 Å². The maximum absolute atomic E-state index is 5.60. The number of hydrogen-bond donors (Lipinski definition) is 0. The van der Waals surface area contributed by atoms with Crippen LogP contribution in [-0.4, -0.2) is 45.4 Å². The van der Waals surface area contributed by atoms with Crippen LogP contribution in [0.2, 0.25) is 0 Å². The minimum absolute atomic E-state index is 0.114. The van der Waals surface area contributed by atoms with Gasteiger partial charge < -0.3 is 18.9 Å². The average Bonchev–Trinajstić information content (AvgIpc) is 2.22. The molecular formula is C8H14Cl2O4. The minimum Gasteiger partial charge on any atom is -0.380 e. The van der Waals surface area contributed by atoms with E-state index >= 15 is 0 Å². The van der Waals surface area contributed by atoms with Crippen molar-refractivity contribution in [1.82, 2.24) is 0 Å². The van der Waals surface area contributed by atoms with Gasteiger partial charge in [0, 0.05) is 17.2 Å². The number of rotatable bonds is 2. The second kappa shape index (κ2) is 6.82. The molecule has 0 aromatic heterocycles. The van der Waals surface area contributed by atoms with Crippen molar-refractivity contribution in [3.05, 3.63) is 0 Å². The summed E-state index contributed by atoms with van der Waals surface area (Å²) in [6, 6.07) is 0. The zero-order chi connectivity index (χ0) is 10.3. The van der Waals surface area contributed by atoms with Crippen LogP contribution in [0.5, 0.6) is 0 Å². The van der Waals surface area contributed by atoms with Gasteiger partial charge in [0.05, 0.1) is 13.2 Å². The number of hydrogen-bond acceptors (Lipinski definition) is 4. The number of halogens is 2. The Morgan fingerprint density at radius 2 is 1.21 bits per heavy atom. The second-order valence-electron chi connectivity index (χ2n) is 3.23. The molecule has 0 aromatic carbocycles. The molecule has 0 aromatic rings. The van der Waals surface area contributed by atoms with Gasteiger partial charge in [-0.05, 0) is 0 Å². The third kappa shape index (κ3) is 3.88. The maximum Gasteiger partial charge on any atom is 0.152 e. The Labute approximate surface area is 93.3 Å². The molecule has 0 spiro atoms. The summed E-state index contributed by atoms with van der Waals surface area (Å²) in [5, 5.41) is 0. The molecule has 2 heterocycles. The van der Waals surface area contributed by atoms with Gasteiger partial charge in [0.1, 0.15) is 0 Å². The van der Waals surface area contributed by atoms with E-state index in [4.69, 9.17) is 27.9 Å². The van der Waals surface area contributed by atoms with Crippen LogP contribution in [0.4, 0.5) is 0 Å². The molecule has 2 aliphatic heterocycles. The van der Waals surface area contributed by atoms with E-state index < -0.39 is 0 Å². The van der Waals surface area contributed by atoms with Gasteiger partial charge >= 0.3 is 0 Å². The zero-order valence-electron chi connectivity index (χ0n) is 7.84. The van der Waals surface area contributed by atoms with Crippen molar-refractivity contribution in [2.45, 2.75) is 0 Å². The zero-order valence-corrected chi connectivity index (χ0v) is 9.35. The van der Waals surface area contributed by atoms with Gasteiger partial charge in [-0.3, -0.25) is 0 Å². The largest absolute Gasteiger partial charge is 0.380 e. The van der Waals surface area contributed by atoms with Crippen molar-refractivity contribution < 1.29 is 18.9 Å². The van der Waals surface area contributed by atoms with Gasteiger partial charge in [-0.15, -0.1) is 23.2 Å². The Morgan fingerprint density at radius 1 is 0.786 bits per heavy atom. The molecule has 2 rings (SSSR count). The summed E-state index contributed by atoms with van der Waals surface area (Å²) < 4.78 is 18.8. The molecule has 0 radical (unpaired) electrons. The van der Waals surface area contributed by atoms with Crippen LogP contribution >= 0.6 is 23.2 Å². The third-order valence-corrected chi connectivity index (χ3v) is 3.02. The molecule has 0 unspecified atom stereocenters. The highest BCUT2D eigenvalue weighted by atomic mass is 35.5. The molecule has 14 heavy (non-hydrogen) atoms. The number of alkyl halides is 2. The smallest absolute Gasteiger partial charge is 0.152 e. The fraction of sp³-hybridized carbons (Fsp3) is 1.00. The summed E-state index contributed by atoms with van der Waals surface area (Å²) in [5.41, 5.74) is 0.114. The van der Waals surface area contributed by atoms with Crippen molar-refractivity contribution in [2.24, 2.45) is 5.41 Å². The Balaban J connectivity index is 0.000000146. The average molecular weight is 245 g/mol. The van der Waals surface area contributed by atoms with Crippen molar-refractivity contribution in [1.29, 1.82) is 0 Å². The Bertz CT molecular complexity index is 123. The maximum atomic E-state index is 5.60. The van der Waals surface area contributed by atoms with Crippen LogP contribution in [0, 0.1) is 5.41 Å². The van der Waals surface area contributed by atoms with Crippen LogP contribution in [0.15, 0.2) is 0 Å². The predicted molar refractivity (Wildman–Crippen MR) is 52.5 cm³/mol. The lowest BCUT2D eigenvalue weighted by Crippen LogP contribution is -2.45.